The molecular weight excluding hydrogens is 388 g/mol. The maximum absolute atomic E-state index is 13.1. The van der Waals surface area contributed by atoms with E-state index in [0.717, 1.165) is 0 Å². The average molecular weight is 399 g/mol. The van der Waals surface area contributed by atoms with Gasteiger partial charge in [0.05, 0.1) is 11.3 Å². The molecule has 1 amide bonds. The lowest BCUT2D eigenvalue weighted by molar-refractivity contribution is 0.101. The van der Waals surface area contributed by atoms with Crippen LogP contribution in [0.2, 0.25) is 0 Å². The number of rotatable bonds is 2. The number of halogens is 2. The number of nitrogens with one attached hydrogen (secondary N) is 1. The summed E-state index contributed by atoms with van der Waals surface area (Å²) >= 11 is 1.97. The molecule has 21 heavy (non-hydrogen) atoms. The van der Waals surface area contributed by atoms with E-state index < -0.39 is 0 Å². The van der Waals surface area contributed by atoms with Gasteiger partial charge in [-0.3, -0.25) is 4.79 Å². The first-order chi connectivity index (χ1) is 10.1. The fourth-order valence-electron chi connectivity index (χ4n) is 2.03. The van der Waals surface area contributed by atoms with E-state index in [4.69, 9.17) is 9.47 Å². The Morgan fingerprint density at radius 1 is 1.19 bits per heavy atom. The molecule has 0 unspecified atom stereocenters. The predicted molar refractivity (Wildman–Crippen MR) is 84.5 cm³/mol. The molecule has 0 atom stereocenters. The fraction of sp³-hybridized carbons (Fsp3) is 0.133. The van der Waals surface area contributed by atoms with Crippen LogP contribution in [-0.4, -0.2) is 19.1 Å². The van der Waals surface area contributed by atoms with E-state index in [1.54, 1.807) is 18.2 Å². The van der Waals surface area contributed by atoms with Crippen LogP contribution in [0, 0.1) is 9.39 Å². The highest BCUT2D eigenvalue weighted by Crippen LogP contribution is 2.34. The van der Waals surface area contributed by atoms with Crippen molar-refractivity contribution in [1.29, 1.82) is 0 Å². The number of benzene rings is 2. The summed E-state index contributed by atoms with van der Waals surface area (Å²) in [5.41, 5.74) is 0.948. The number of fused-ring (bicyclic) bond motifs is 1. The molecule has 1 aliphatic heterocycles. The lowest BCUT2D eigenvalue weighted by Crippen LogP contribution is -2.20. The third kappa shape index (κ3) is 2.94. The highest BCUT2D eigenvalue weighted by atomic mass is 127. The Labute approximate surface area is 134 Å². The maximum atomic E-state index is 13.1. The van der Waals surface area contributed by atoms with Crippen LogP contribution in [0.4, 0.5) is 10.1 Å². The number of ether oxygens (including phenoxy) is 2. The summed E-state index contributed by atoms with van der Waals surface area (Å²) in [6, 6.07) is 9.35. The summed E-state index contributed by atoms with van der Waals surface area (Å²) in [4.78, 5) is 12.4. The SMILES string of the molecule is O=C(Nc1ccc(F)cc1I)c1cccc2c1OCCO2. The highest BCUT2D eigenvalue weighted by molar-refractivity contribution is 14.1. The van der Waals surface area contributed by atoms with Crippen molar-refractivity contribution in [2.75, 3.05) is 18.5 Å². The van der Waals surface area contributed by atoms with Crippen LogP contribution >= 0.6 is 22.6 Å². The Morgan fingerprint density at radius 3 is 2.81 bits per heavy atom. The molecule has 2 aromatic carbocycles. The van der Waals surface area contributed by atoms with Crippen molar-refractivity contribution in [3.8, 4) is 11.5 Å². The number of carbonyl (C=O) groups excluding carboxylic acids is 1. The number of carbonyl (C=O) groups is 1. The fourth-order valence-corrected chi connectivity index (χ4v) is 2.65. The van der Waals surface area contributed by atoms with Gasteiger partial charge in [0.1, 0.15) is 19.0 Å². The van der Waals surface area contributed by atoms with Gasteiger partial charge < -0.3 is 14.8 Å². The molecule has 108 valence electrons. The summed E-state index contributed by atoms with van der Waals surface area (Å²) in [6.45, 7) is 0.874. The number of anilines is 1. The van der Waals surface area contributed by atoms with Gasteiger partial charge >= 0.3 is 0 Å². The Kier molecular flexibility index (Phi) is 3.96. The van der Waals surface area contributed by atoms with E-state index in [2.05, 4.69) is 5.32 Å². The van der Waals surface area contributed by atoms with Crippen LogP contribution in [0.25, 0.3) is 0 Å². The minimum absolute atomic E-state index is 0.318. The maximum Gasteiger partial charge on any atom is 0.259 e. The molecule has 0 saturated carbocycles. The number of hydrogen-bond donors (Lipinski definition) is 1. The number of para-hydroxylation sites is 1. The lowest BCUT2D eigenvalue weighted by Gasteiger charge is -2.20. The van der Waals surface area contributed by atoms with Crippen LogP contribution in [0.5, 0.6) is 11.5 Å². The normalized spacial score (nSPS) is 12.9. The molecule has 1 N–H and O–H groups in total. The van der Waals surface area contributed by atoms with Gasteiger partial charge in [-0.05, 0) is 52.9 Å². The van der Waals surface area contributed by atoms with Gasteiger partial charge in [-0.2, -0.15) is 0 Å². The Hall–Kier alpha value is -1.83. The van der Waals surface area contributed by atoms with Gasteiger partial charge in [0.2, 0.25) is 0 Å². The zero-order chi connectivity index (χ0) is 14.8. The summed E-state index contributed by atoms with van der Waals surface area (Å²) in [6.07, 6.45) is 0. The molecule has 0 fully saturated rings. The third-order valence-electron chi connectivity index (χ3n) is 2.99. The quantitative estimate of drug-likeness (QED) is 0.788. The molecule has 0 spiro atoms. The third-order valence-corrected chi connectivity index (χ3v) is 3.88. The first-order valence-electron chi connectivity index (χ1n) is 6.30. The first-order valence-corrected chi connectivity index (χ1v) is 7.38. The van der Waals surface area contributed by atoms with Crippen molar-refractivity contribution in [2.24, 2.45) is 0 Å². The van der Waals surface area contributed by atoms with E-state index in [0.29, 0.717) is 39.5 Å². The molecule has 4 nitrogen and oxygen atoms in total. The van der Waals surface area contributed by atoms with Gasteiger partial charge in [-0.15, -0.1) is 0 Å². The Bertz CT molecular complexity index is 705. The molecule has 1 heterocycles. The van der Waals surface area contributed by atoms with Gasteiger partial charge in [-0.1, -0.05) is 6.07 Å². The van der Waals surface area contributed by atoms with Gasteiger partial charge in [0.25, 0.3) is 5.91 Å². The molecule has 2 aromatic rings. The van der Waals surface area contributed by atoms with Gasteiger partial charge in [0, 0.05) is 3.57 Å². The summed E-state index contributed by atoms with van der Waals surface area (Å²) in [5, 5.41) is 2.76. The van der Waals surface area contributed by atoms with Crippen molar-refractivity contribution in [3.63, 3.8) is 0 Å². The molecule has 6 heteroatoms. The Balaban J connectivity index is 1.89. The van der Waals surface area contributed by atoms with E-state index in [1.807, 2.05) is 22.6 Å². The smallest absolute Gasteiger partial charge is 0.259 e. The van der Waals surface area contributed by atoms with Crippen LogP contribution in [0.15, 0.2) is 36.4 Å². The highest BCUT2D eigenvalue weighted by Gasteiger charge is 2.20. The zero-order valence-corrected chi connectivity index (χ0v) is 13.0. The minimum Gasteiger partial charge on any atom is -0.486 e. The molecule has 0 aromatic heterocycles. The predicted octanol–water partition coefficient (Wildman–Crippen LogP) is 3.45. The number of hydrogen-bond acceptors (Lipinski definition) is 3. The first kappa shape index (κ1) is 14.1. The van der Waals surface area contributed by atoms with Gasteiger partial charge in [0.15, 0.2) is 11.5 Å². The lowest BCUT2D eigenvalue weighted by atomic mass is 10.1. The van der Waals surface area contributed by atoms with E-state index in [1.165, 1.54) is 18.2 Å². The monoisotopic (exact) mass is 399 g/mol. The summed E-state index contributed by atoms with van der Waals surface area (Å²) in [7, 11) is 0. The van der Waals surface area contributed by atoms with Crippen molar-refractivity contribution in [3.05, 3.63) is 51.3 Å². The average Bonchev–Trinajstić information content (AvgIpc) is 2.49. The van der Waals surface area contributed by atoms with Crippen LogP contribution < -0.4 is 14.8 Å². The Morgan fingerprint density at radius 2 is 2.00 bits per heavy atom. The standard InChI is InChI=1S/C15H11FINO3/c16-9-4-5-12(11(17)8-9)18-15(19)10-2-1-3-13-14(10)21-7-6-20-13/h1-5,8H,6-7H2,(H,18,19). The second kappa shape index (κ2) is 5.88. The van der Waals surface area contributed by atoms with Crippen molar-refractivity contribution < 1.29 is 18.7 Å². The van der Waals surface area contributed by atoms with Crippen LogP contribution in [-0.2, 0) is 0 Å². The van der Waals surface area contributed by atoms with E-state index >= 15 is 0 Å². The van der Waals surface area contributed by atoms with Crippen LogP contribution in [0.1, 0.15) is 10.4 Å². The van der Waals surface area contributed by atoms with Crippen molar-refractivity contribution >= 4 is 34.2 Å². The molecular formula is C15H11FINO3. The van der Waals surface area contributed by atoms with Crippen LogP contribution in [0.3, 0.4) is 0 Å². The molecule has 0 saturated heterocycles. The minimum atomic E-state index is -0.341. The topological polar surface area (TPSA) is 47.6 Å². The molecule has 0 aliphatic carbocycles. The largest absolute Gasteiger partial charge is 0.486 e. The van der Waals surface area contributed by atoms with E-state index in [9.17, 15) is 9.18 Å². The molecule has 3 rings (SSSR count). The van der Waals surface area contributed by atoms with Crippen molar-refractivity contribution in [1.82, 2.24) is 0 Å². The van der Waals surface area contributed by atoms with E-state index in [-0.39, 0.29) is 11.7 Å². The number of amides is 1. The second-order valence-electron chi connectivity index (χ2n) is 4.41. The summed E-state index contributed by atoms with van der Waals surface area (Å²) in [5.74, 6) is 0.342. The zero-order valence-electron chi connectivity index (χ0n) is 10.9. The molecule has 0 radical (unpaired) electrons. The summed E-state index contributed by atoms with van der Waals surface area (Å²) < 4.78 is 24.7. The second-order valence-corrected chi connectivity index (χ2v) is 5.57. The van der Waals surface area contributed by atoms with Crippen molar-refractivity contribution in [2.45, 2.75) is 0 Å². The molecule has 1 aliphatic rings. The molecule has 0 bridgehead atoms. The van der Waals surface area contributed by atoms with Gasteiger partial charge in [-0.25, -0.2) is 4.39 Å².